The van der Waals surface area contributed by atoms with Crippen LogP contribution in [0.1, 0.15) is 36.1 Å². The van der Waals surface area contributed by atoms with Crippen LogP contribution in [0.15, 0.2) is 35.3 Å². The van der Waals surface area contributed by atoms with Crippen LogP contribution in [-0.4, -0.2) is 42.3 Å². The topological polar surface area (TPSA) is 59.7 Å². The molecule has 0 saturated heterocycles. The first kappa shape index (κ1) is 21.2. The van der Waals surface area contributed by atoms with E-state index in [0.717, 1.165) is 33.7 Å². The van der Waals surface area contributed by atoms with Gasteiger partial charge in [-0.15, -0.1) is 0 Å². The number of amides is 1. The van der Waals surface area contributed by atoms with Gasteiger partial charge in [-0.05, 0) is 50.5 Å². The standard InChI is InChI=1S/C23H28N4O/c1-15-9-8-10-20(11-15)23-17(3)16(2)12-22(21(23)13-24)25-18(4)26(6)14-27(7)19(5)28/h8-12H,14H2,1-7H3. The van der Waals surface area contributed by atoms with Crippen molar-refractivity contribution in [3.05, 3.63) is 52.6 Å². The van der Waals surface area contributed by atoms with Gasteiger partial charge in [0.05, 0.1) is 17.9 Å². The van der Waals surface area contributed by atoms with Crippen LogP contribution in [0.5, 0.6) is 0 Å². The third kappa shape index (κ3) is 4.58. The maximum absolute atomic E-state index is 11.5. The molecule has 2 aromatic carbocycles. The third-order valence-electron chi connectivity index (χ3n) is 5.04. The van der Waals surface area contributed by atoms with Crippen molar-refractivity contribution in [3.63, 3.8) is 0 Å². The molecule has 0 saturated carbocycles. The van der Waals surface area contributed by atoms with Gasteiger partial charge >= 0.3 is 0 Å². The summed E-state index contributed by atoms with van der Waals surface area (Å²) < 4.78 is 0. The lowest BCUT2D eigenvalue weighted by molar-refractivity contribution is -0.128. The minimum absolute atomic E-state index is 0.00900. The van der Waals surface area contributed by atoms with Crippen LogP contribution < -0.4 is 0 Å². The quantitative estimate of drug-likeness (QED) is 0.446. The molecule has 0 heterocycles. The third-order valence-corrected chi connectivity index (χ3v) is 5.04. The molecule has 0 aliphatic heterocycles. The number of aryl methyl sites for hydroxylation is 2. The van der Waals surface area contributed by atoms with Gasteiger partial charge in [0, 0.05) is 26.6 Å². The van der Waals surface area contributed by atoms with Gasteiger partial charge < -0.3 is 9.80 Å². The average Bonchev–Trinajstić information content (AvgIpc) is 2.63. The Kier molecular flexibility index (Phi) is 6.58. The van der Waals surface area contributed by atoms with Gasteiger partial charge in [0.1, 0.15) is 11.9 Å². The SMILES string of the molecule is CC(=O)N(C)CN(C)C(C)=Nc1cc(C)c(C)c(-c2cccc(C)c2)c1C#N. The van der Waals surface area contributed by atoms with Crippen molar-refractivity contribution >= 4 is 17.4 Å². The van der Waals surface area contributed by atoms with Gasteiger partial charge in [0.2, 0.25) is 5.91 Å². The average molecular weight is 377 g/mol. The fourth-order valence-electron chi connectivity index (χ4n) is 3.04. The van der Waals surface area contributed by atoms with E-state index in [1.807, 2.05) is 63.9 Å². The van der Waals surface area contributed by atoms with Crippen LogP contribution in [0, 0.1) is 32.1 Å². The zero-order valence-corrected chi connectivity index (χ0v) is 17.8. The number of rotatable bonds is 4. The second-order valence-corrected chi connectivity index (χ2v) is 7.28. The molecular weight excluding hydrogens is 348 g/mol. The predicted molar refractivity (Wildman–Crippen MR) is 115 cm³/mol. The number of hydrogen-bond donors (Lipinski definition) is 0. The predicted octanol–water partition coefficient (Wildman–Crippen LogP) is 4.57. The molecule has 0 aliphatic carbocycles. The molecule has 0 aromatic heterocycles. The van der Waals surface area contributed by atoms with Gasteiger partial charge in [-0.3, -0.25) is 4.79 Å². The highest BCUT2D eigenvalue weighted by atomic mass is 16.2. The molecule has 1 amide bonds. The summed E-state index contributed by atoms with van der Waals surface area (Å²) in [7, 11) is 3.63. The number of hydrogen-bond acceptors (Lipinski definition) is 3. The van der Waals surface area contributed by atoms with Gasteiger partial charge in [-0.2, -0.15) is 5.26 Å². The van der Waals surface area contributed by atoms with Crippen LogP contribution in [0.25, 0.3) is 11.1 Å². The largest absolute Gasteiger partial charge is 0.346 e. The molecule has 146 valence electrons. The van der Waals surface area contributed by atoms with Gasteiger partial charge in [0.25, 0.3) is 0 Å². The van der Waals surface area contributed by atoms with Crippen molar-refractivity contribution in [3.8, 4) is 17.2 Å². The molecule has 0 fully saturated rings. The van der Waals surface area contributed by atoms with Gasteiger partial charge in [-0.1, -0.05) is 29.8 Å². The molecule has 0 radical (unpaired) electrons. The van der Waals surface area contributed by atoms with E-state index in [0.29, 0.717) is 17.9 Å². The molecule has 0 spiro atoms. The van der Waals surface area contributed by atoms with Crippen molar-refractivity contribution < 1.29 is 4.79 Å². The van der Waals surface area contributed by atoms with E-state index < -0.39 is 0 Å². The highest BCUT2D eigenvalue weighted by Crippen LogP contribution is 2.36. The number of benzene rings is 2. The second-order valence-electron chi connectivity index (χ2n) is 7.28. The van der Waals surface area contributed by atoms with Crippen molar-refractivity contribution in [2.75, 3.05) is 20.8 Å². The van der Waals surface area contributed by atoms with E-state index in [2.05, 4.69) is 12.1 Å². The van der Waals surface area contributed by atoms with Gasteiger partial charge in [0.15, 0.2) is 0 Å². The first-order valence-electron chi connectivity index (χ1n) is 9.25. The number of amidine groups is 1. The van der Waals surface area contributed by atoms with E-state index in [1.54, 1.807) is 11.9 Å². The number of aliphatic imine (C=N–C) groups is 1. The molecule has 0 bridgehead atoms. The summed E-state index contributed by atoms with van der Waals surface area (Å²) in [6.07, 6.45) is 0. The molecule has 0 N–H and O–H groups in total. The highest BCUT2D eigenvalue weighted by Gasteiger charge is 2.16. The zero-order valence-electron chi connectivity index (χ0n) is 17.8. The molecule has 28 heavy (non-hydrogen) atoms. The first-order valence-corrected chi connectivity index (χ1v) is 9.25. The molecule has 5 heteroatoms. The lowest BCUT2D eigenvalue weighted by Gasteiger charge is -2.25. The molecule has 0 atom stereocenters. The Morgan fingerprint density at radius 1 is 1.11 bits per heavy atom. The molecule has 5 nitrogen and oxygen atoms in total. The summed E-state index contributed by atoms with van der Waals surface area (Å²) in [4.78, 5) is 19.7. The highest BCUT2D eigenvalue weighted by molar-refractivity contribution is 5.87. The number of carbonyl (C=O) groups excluding carboxylic acids is 1. The first-order chi connectivity index (χ1) is 13.1. The van der Waals surface area contributed by atoms with E-state index in [1.165, 1.54) is 6.92 Å². The Bertz CT molecular complexity index is 969. The van der Waals surface area contributed by atoms with E-state index in [4.69, 9.17) is 4.99 Å². The Morgan fingerprint density at radius 3 is 2.36 bits per heavy atom. The van der Waals surface area contributed by atoms with Crippen molar-refractivity contribution in [2.45, 2.75) is 34.6 Å². The minimum atomic E-state index is -0.00900. The molecular formula is C23H28N4O. The minimum Gasteiger partial charge on any atom is -0.346 e. The summed E-state index contributed by atoms with van der Waals surface area (Å²) >= 11 is 0. The number of nitrogens with zero attached hydrogens (tertiary/aromatic N) is 4. The number of carbonyl (C=O) groups is 1. The van der Waals surface area contributed by atoms with Crippen molar-refractivity contribution in [1.29, 1.82) is 5.26 Å². The lowest BCUT2D eigenvalue weighted by Crippen LogP contribution is -2.38. The summed E-state index contributed by atoms with van der Waals surface area (Å²) in [5, 5.41) is 9.93. The van der Waals surface area contributed by atoms with Crippen LogP contribution in [-0.2, 0) is 4.79 Å². The molecule has 0 unspecified atom stereocenters. The van der Waals surface area contributed by atoms with Crippen LogP contribution in [0.2, 0.25) is 0 Å². The Balaban J connectivity index is 2.57. The summed E-state index contributed by atoms with van der Waals surface area (Å²) in [6.45, 7) is 9.98. The second kappa shape index (κ2) is 8.71. The van der Waals surface area contributed by atoms with Crippen LogP contribution in [0.3, 0.4) is 0 Å². The van der Waals surface area contributed by atoms with E-state index in [9.17, 15) is 10.1 Å². The fraction of sp³-hybridized carbons (Fsp3) is 0.348. The van der Waals surface area contributed by atoms with Crippen molar-refractivity contribution in [2.24, 2.45) is 4.99 Å². The fourth-order valence-corrected chi connectivity index (χ4v) is 3.04. The van der Waals surface area contributed by atoms with E-state index in [-0.39, 0.29) is 5.91 Å². The lowest BCUT2D eigenvalue weighted by atomic mass is 9.90. The summed E-state index contributed by atoms with van der Waals surface area (Å²) in [6, 6.07) is 12.5. The maximum Gasteiger partial charge on any atom is 0.220 e. The number of nitriles is 1. The van der Waals surface area contributed by atoms with Crippen molar-refractivity contribution in [1.82, 2.24) is 9.80 Å². The maximum atomic E-state index is 11.5. The zero-order chi connectivity index (χ0) is 21.0. The normalized spacial score (nSPS) is 11.1. The summed E-state index contributed by atoms with van der Waals surface area (Å²) in [5.41, 5.74) is 6.50. The summed E-state index contributed by atoms with van der Waals surface area (Å²) in [5.74, 6) is 0.730. The monoisotopic (exact) mass is 376 g/mol. The van der Waals surface area contributed by atoms with E-state index >= 15 is 0 Å². The Labute approximate surface area is 167 Å². The van der Waals surface area contributed by atoms with Crippen LogP contribution in [0.4, 0.5) is 5.69 Å². The Morgan fingerprint density at radius 2 is 1.79 bits per heavy atom. The molecule has 0 aliphatic rings. The van der Waals surface area contributed by atoms with Crippen LogP contribution >= 0.6 is 0 Å². The van der Waals surface area contributed by atoms with Gasteiger partial charge in [-0.25, -0.2) is 4.99 Å². The Hall–Kier alpha value is -3.13. The smallest absolute Gasteiger partial charge is 0.220 e. The molecule has 2 aromatic rings. The molecule has 2 rings (SSSR count).